The van der Waals surface area contributed by atoms with E-state index in [2.05, 4.69) is 276 Å². The zero-order chi connectivity index (χ0) is 49.4. The molecular formula is C72H46N2O. The lowest BCUT2D eigenvalue weighted by atomic mass is 9.95. The lowest BCUT2D eigenvalue weighted by Gasteiger charge is -2.16. The summed E-state index contributed by atoms with van der Waals surface area (Å²) in [6, 6.07) is 102. The molecule has 75 heavy (non-hydrogen) atoms. The lowest BCUT2D eigenvalue weighted by molar-refractivity contribution is 0.670. The SMILES string of the molecule is c1ccc(-c2cccc(-c3cccc4c3c3cc(-c5ccc6c(c5)c5ccccc5n6-c5cc(-c6ccccc6)ccc5-c5ccccc5)ccc3n4-c3ccc(-c4cccc5c4oc4ccccc45)cc3)c2)cc1. The van der Waals surface area contributed by atoms with Crippen molar-refractivity contribution in [2.45, 2.75) is 0 Å². The molecule has 3 heteroatoms. The van der Waals surface area contributed by atoms with Gasteiger partial charge in [0.15, 0.2) is 0 Å². The molecule has 350 valence electrons. The largest absolute Gasteiger partial charge is 0.455 e. The van der Waals surface area contributed by atoms with E-state index in [1.54, 1.807) is 0 Å². The van der Waals surface area contributed by atoms with Crippen molar-refractivity contribution in [1.29, 1.82) is 0 Å². The standard InChI is InChI=1S/C72H46N2O/c1-4-17-47(18-5-1)51-23-14-24-55(43-51)58-27-16-31-68-71(58)64-45-53(37-42-67(64)73(68)56-38-33-50(34-39-56)59-28-15-29-62-61-26-11-13-32-70(61)75-72(59)62)52-36-41-66-63(44-52)60-25-10-12-30-65(60)74(66)69-46-54(48-19-6-2-7-20-48)35-40-57(69)49-21-8-3-9-22-49/h1-46H. The van der Waals surface area contributed by atoms with Crippen LogP contribution in [0.15, 0.2) is 283 Å². The van der Waals surface area contributed by atoms with Gasteiger partial charge in [-0.15, -0.1) is 0 Å². The highest BCUT2D eigenvalue weighted by Gasteiger charge is 2.21. The van der Waals surface area contributed by atoms with Crippen LogP contribution < -0.4 is 0 Å². The summed E-state index contributed by atoms with van der Waals surface area (Å²) in [5.41, 5.74) is 22.8. The summed E-state index contributed by atoms with van der Waals surface area (Å²) >= 11 is 0. The van der Waals surface area contributed by atoms with Crippen molar-refractivity contribution in [3.05, 3.63) is 279 Å². The smallest absolute Gasteiger partial charge is 0.143 e. The van der Waals surface area contributed by atoms with Gasteiger partial charge >= 0.3 is 0 Å². The van der Waals surface area contributed by atoms with Crippen LogP contribution in [0.5, 0.6) is 0 Å². The Labute approximate surface area is 434 Å². The Hall–Kier alpha value is -9.96. The van der Waals surface area contributed by atoms with Crippen LogP contribution in [-0.4, -0.2) is 9.13 Å². The maximum Gasteiger partial charge on any atom is 0.143 e. The van der Waals surface area contributed by atoms with Crippen LogP contribution in [0.2, 0.25) is 0 Å². The van der Waals surface area contributed by atoms with Crippen LogP contribution in [-0.2, 0) is 0 Å². The Morgan fingerprint density at radius 1 is 0.240 bits per heavy atom. The maximum atomic E-state index is 6.50. The quantitative estimate of drug-likeness (QED) is 0.149. The highest BCUT2D eigenvalue weighted by molar-refractivity contribution is 6.17. The molecule has 12 aromatic carbocycles. The molecule has 0 saturated heterocycles. The van der Waals surface area contributed by atoms with Gasteiger partial charge in [0, 0.05) is 49.1 Å². The minimum absolute atomic E-state index is 0.903. The van der Waals surface area contributed by atoms with Gasteiger partial charge in [-0.05, 0) is 122 Å². The molecule has 0 amide bonds. The summed E-state index contributed by atoms with van der Waals surface area (Å²) in [7, 11) is 0. The first-order valence-electron chi connectivity index (χ1n) is 25.7. The average molecular weight is 955 g/mol. The van der Waals surface area contributed by atoms with Gasteiger partial charge in [0.25, 0.3) is 0 Å². The minimum Gasteiger partial charge on any atom is -0.455 e. The second-order valence-electron chi connectivity index (χ2n) is 19.6. The molecule has 0 aliphatic carbocycles. The van der Waals surface area contributed by atoms with E-state index in [4.69, 9.17) is 4.42 Å². The van der Waals surface area contributed by atoms with Crippen molar-refractivity contribution >= 4 is 65.6 Å². The molecule has 0 aliphatic rings. The van der Waals surface area contributed by atoms with Crippen molar-refractivity contribution in [3.8, 4) is 78.1 Å². The molecule has 0 atom stereocenters. The summed E-state index contributed by atoms with van der Waals surface area (Å²) in [6.45, 7) is 0. The highest BCUT2D eigenvalue weighted by Crippen LogP contribution is 2.44. The average Bonchev–Trinajstić information content (AvgIpc) is 4.21. The van der Waals surface area contributed by atoms with E-state index in [1.165, 1.54) is 88.2 Å². The van der Waals surface area contributed by atoms with E-state index in [0.717, 1.165) is 55.5 Å². The normalized spacial score (nSPS) is 11.7. The predicted octanol–water partition coefficient (Wildman–Crippen LogP) is 19.8. The number of benzene rings is 12. The van der Waals surface area contributed by atoms with E-state index in [9.17, 15) is 0 Å². The zero-order valence-corrected chi connectivity index (χ0v) is 40.9. The Morgan fingerprint density at radius 3 is 1.49 bits per heavy atom. The first-order chi connectivity index (χ1) is 37.2. The van der Waals surface area contributed by atoms with Gasteiger partial charge in [0.1, 0.15) is 11.2 Å². The van der Waals surface area contributed by atoms with Crippen molar-refractivity contribution in [3.63, 3.8) is 0 Å². The van der Waals surface area contributed by atoms with Gasteiger partial charge in [0.05, 0.1) is 27.8 Å². The van der Waals surface area contributed by atoms with Crippen molar-refractivity contribution in [1.82, 2.24) is 9.13 Å². The Balaban J connectivity index is 0.913. The van der Waals surface area contributed by atoms with Crippen LogP contribution >= 0.6 is 0 Å². The molecule has 0 aliphatic heterocycles. The molecular weight excluding hydrogens is 909 g/mol. The number of aromatic nitrogens is 2. The van der Waals surface area contributed by atoms with Crippen LogP contribution in [0.4, 0.5) is 0 Å². The molecule has 3 nitrogen and oxygen atoms in total. The van der Waals surface area contributed by atoms with Gasteiger partial charge < -0.3 is 13.6 Å². The van der Waals surface area contributed by atoms with Crippen LogP contribution in [0, 0.1) is 0 Å². The third-order valence-electron chi connectivity index (χ3n) is 15.3. The highest BCUT2D eigenvalue weighted by atomic mass is 16.3. The first-order valence-corrected chi connectivity index (χ1v) is 25.7. The molecule has 0 fully saturated rings. The zero-order valence-electron chi connectivity index (χ0n) is 40.9. The maximum absolute atomic E-state index is 6.50. The van der Waals surface area contributed by atoms with E-state index in [-0.39, 0.29) is 0 Å². The number of nitrogens with zero attached hydrogens (tertiary/aromatic N) is 2. The lowest BCUT2D eigenvalue weighted by Crippen LogP contribution is -1.98. The summed E-state index contributed by atoms with van der Waals surface area (Å²) in [5.74, 6) is 0. The Morgan fingerprint density at radius 2 is 0.733 bits per heavy atom. The van der Waals surface area contributed by atoms with Gasteiger partial charge in [-0.25, -0.2) is 0 Å². The molecule has 0 saturated carbocycles. The van der Waals surface area contributed by atoms with Gasteiger partial charge in [-0.3, -0.25) is 0 Å². The van der Waals surface area contributed by atoms with Crippen LogP contribution in [0.3, 0.4) is 0 Å². The fourth-order valence-corrected chi connectivity index (χ4v) is 11.8. The van der Waals surface area contributed by atoms with Crippen molar-refractivity contribution < 1.29 is 4.42 Å². The number of fused-ring (bicyclic) bond motifs is 9. The van der Waals surface area contributed by atoms with E-state index in [1.807, 2.05) is 12.1 Å². The second kappa shape index (κ2) is 17.4. The number of hydrogen-bond acceptors (Lipinski definition) is 1. The third-order valence-corrected chi connectivity index (χ3v) is 15.3. The topological polar surface area (TPSA) is 23.0 Å². The van der Waals surface area contributed by atoms with Crippen LogP contribution in [0.25, 0.3) is 144 Å². The fourth-order valence-electron chi connectivity index (χ4n) is 11.8. The van der Waals surface area contributed by atoms with E-state index < -0.39 is 0 Å². The Kier molecular flexibility index (Phi) is 9.89. The van der Waals surface area contributed by atoms with Gasteiger partial charge in [-0.2, -0.15) is 0 Å². The molecule has 0 radical (unpaired) electrons. The third kappa shape index (κ3) is 7.05. The van der Waals surface area contributed by atoms with Crippen molar-refractivity contribution in [2.24, 2.45) is 0 Å². The molecule has 0 spiro atoms. The monoisotopic (exact) mass is 954 g/mol. The Bertz CT molecular complexity index is 4670. The van der Waals surface area contributed by atoms with Gasteiger partial charge in [-0.1, -0.05) is 212 Å². The second-order valence-corrected chi connectivity index (χ2v) is 19.6. The minimum atomic E-state index is 0.903. The molecule has 0 N–H and O–H groups in total. The molecule has 3 heterocycles. The number of rotatable bonds is 8. The first kappa shape index (κ1) is 42.7. The summed E-state index contributed by atoms with van der Waals surface area (Å²) in [5, 5.41) is 7.12. The van der Waals surface area contributed by atoms with E-state index >= 15 is 0 Å². The number of hydrogen-bond donors (Lipinski definition) is 0. The van der Waals surface area contributed by atoms with E-state index in [0.29, 0.717) is 0 Å². The molecule has 0 unspecified atom stereocenters. The number of furan rings is 1. The summed E-state index contributed by atoms with van der Waals surface area (Å²) < 4.78 is 11.4. The molecule has 0 bridgehead atoms. The molecule has 15 rings (SSSR count). The van der Waals surface area contributed by atoms with Crippen molar-refractivity contribution in [2.75, 3.05) is 0 Å². The summed E-state index contributed by atoms with van der Waals surface area (Å²) in [4.78, 5) is 0. The number of para-hydroxylation sites is 3. The van der Waals surface area contributed by atoms with Gasteiger partial charge in [0.2, 0.25) is 0 Å². The predicted molar refractivity (Wildman–Crippen MR) is 315 cm³/mol. The molecule has 3 aromatic heterocycles. The summed E-state index contributed by atoms with van der Waals surface area (Å²) in [6.07, 6.45) is 0. The molecule has 15 aromatic rings. The van der Waals surface area contributed by atoms with Crippen LogP contribution in [0.1, 0.15) is 0 Å². The fraction of sp³-hybridized carbons (Fsp3) is 0.